The maximum absolute atomic E-state index is 10.9. The quantitative estimate of drug-likeness (QED) is 0.666. The molecule has 0 bridgehead atoms. The minimum absolute atomic E-state index is 0.0139. The molecule has 8 heteroatoms. The van der Waals surface area contributed by atoms with E-state index in [0.29, 0.717) is 15.7 Å². The fourth-order valence-electron chi connectivity index (χ4n) is 1.44. The maximum atomic E-state index is 10.9. The molecule has 1 aromatic heterocycles. The standard InChI is InChI=1S/C11H8Cl2N4O2/c12-6-2-1-3-7(13)10(6)16-11-8(17(18)19)4-5-9(14)15-11/h1-5H,(H3,14,15,16). The molecule has 0 amide bonds. The average molecular weight is 299 g/mol. The van der Waals surface area contributed by atoms with Crippen LogP contribution in [0.3, 0.4) is 0 Å². The molecular formula is C11H8Cl2N4O2. The van der Waals surface area contributed by atoms with E-state index in [9.17, 15) is 10.1 Å². The van der Waals surface area contributed by atoms with E-state index in [1.165, 1.54) is 12.1 Å². The zero-order valence-electron chi connectivity index (χ0n) is 9.43. The molecule has 0 atom stereocenters. The van der Waals surface area contributed by atoms with Crippen molar-refractivity contribution in [3.8, 4) is 0 Å². The van der Waals surface area contributed by atoms with Gasteiger partial charge in [-0.15, -0.1) is 0 Å². The van der Waals surface area contributed by atoms with Crippen LogP contribution in [-0.2, 0) is 0 Å². The number of benzene rings is 1. The minimum Gasteiger partial charge on any atom is -0.384 e. The van der Waals surface area contributed by atoms with Crippen molar-refractivity contribution in [2.45, 2.75) is 0 Å². The minimum atomic E-state index is -0.570. The molecule has 0 aliphatic rings. The number of anilines is 3. The number of nitrogens with zero attached hydrogens (tertiary/aromatic N) is 2. The number of para-hydroxylation sites is 1. The highest BCUT2D eigenvalue weighted by molar-refractivity contribution is 6.39. The van der Waals surface area contributed by atoms with Crippen molar-refractivity contribution in [3.63, 3.8) is 0 Å². The Morgan fingerprint density at radius 3 is 2.42 bits per heavy atom. The molecule has 3 N–H and O–H groups in total. The lowest BCUT2D eigenvalue weighted by atomic mass is 10.3. The van der Waals surface area contributed by atoms with Crippen LogP contribution in [0, 0.1) is 10.1 Å². The van der Waals surface area contributed by atoms with E-state index >= 15 is 0 Å². The summed E-state index contributed by atoms with van der Waals surface area (Å²) < 4.78 is 0. The lowest BCUT2D eigenvalue weighted by Crippen LogP contribution is -2.02. The zero-order chi connectivity index (χ0) is 14.0. The van der Waals surface area contributed by atoms with Gasteiger partial charge in [0.25, 0.3) is 0 Å². The molecule has 0 fully saturated rings. The molecule has 0 radical (unpaired) electrons. The first-order valence-electron chi connectivity index (χ1n) is 5.11. The Balaban J connectivity index is 2.49. The topological polar surface area (TPSA) is 94.1 Å². The molecular weight excluding hydrogens is 291 g/mol. The van der Waals surface area contributed by atoms with Gasteiger partial charge in [-0.05, 0) is 18.2 Å². The fourth-order valence-corrected chi connectivity index (χ4v) is 1.93. The highest BCUT2D eigenvalue weighted by Gasteiger charge is 2.17. The van der Waals surface area contributed by atoms with E-state index in [4.69, 9.17) is 28.9 Å². The molecule has 0 aliphatic heterocycles. The van der Waals surface area contributed by atoms with Crippen molar-refractivity contribution in [1.82, 2.24) is 4.98 Å². The van der Waals surface area contributed by atoms with Gasteiger partial charge >= 0.3 is 5.69 Å². The smallest absolute Gasteiger partial charge is 0.311 e. The third-order valence-corrected chi connectivity index (χ3v) is 2.93. The number of rotatable bonds is 3. The maximum Gasteiger partial charge on any atom is 0.311 e. The van der Waals surface area contributed by atoms with Gasteiger partial charge in [-0.2, -0.15) is 0 Å². The highest BCUT2D eigenvalue weighted by atomic mass is 35.5. The summed E-state index contributed by atoms with van der Waals surface area (Å²) in [5.41, 5.74) is 5.64. The SMILES string of the molecule is Nc1ccc([N+](=O)[O-])c(Nc2c(Cl)cccc2Cl)n1. The first-order valence-corrected chi connectivity index (χ1v) is 5.86. The van der Waals surface area contributed by atoms with Crippen molar-refractivity contribution in [2.24, 2.45) is 0 Å². The van der Waals surface area contributed by atoms with Gasteiger partial charge in [0.15, 0.2) is 0 Å². The van der Waals surface area contributed by atoms with Crippen LogP contribution in [0.1, 0.15) is 0 Å². The predicted molar refractivity (Wildman–Crippen MR) is 75.0 cm³/mol. The monoisotopic (exact) mass is 298 g/mol. The van der Waals surface area contributed by atoms with Crippen LogP contribution in [-0.4, -0.2) is 9.91 Å². The molecule has 1 aromatic carbocycles. The van der Waals surface area contributed by atoms with E-state index in [2.05, 4.69) is 10.3 Å². The lowest BCUT2D eigenvalue weighted by molar-refractivity contribution is -0.384. The largest absolute Gasteiger partial charge is 0.384 e. The third kappa shape index (κ3) is 2.86. The molecule has 0 aliphatic carbocycles. The summed E-state index contributed by atoms with van der Waals surface area (Å²) in [7, 11) is 0. The number of pyridine rings is 1. The van der Waals surface area contributed by atoms with Gasteiger partial charge in [-0.1, -0.05) is 29.3 Å². The summed E-state index contributed by atoms with van der Waals surface area (Å²) in [5.74, 6) is 0.135. The Bertz CT molecular complexity index is 628. The summed E-state index contributed by atoms with van der Waals surface area (Å²) in [5, 5.41) is 14.3. The van der Waals surface area contributed by atoms with Gasteiger partial charge < -0.3 is 11.1 Å². The van der Waals surface area contributed by atoms with E-state index in [0.717, 1.165) is 0 Å². The van der Waals surface area contributed by atoms with Crippen molar-refractivity contribution >= 4 is 46.2 Å². The number of aromatic nitrogens is 1. The number of hydrogen-bond acceptors (Lipinski definition) is 5. The summed E-state index contributed by atoms with van der Waals surface area (Å²) in [6.45, 7) is 0. The Kier molecular flexibility index (Phi) is 3.73. The van der Waals surface area contributed by atoms with E-state index in [1.807, 2.05) is 0 Å². The number of hydrogen-bond donors (Lipinski definition) is 2. The first kappa shape index (κ1) is 13.4. The second kappa shape index (κ2) is 5.29. The Morgan fingerprint density at radius 2 is 1.84 bits per heavy atom. The van der Waals surface area contributed by atoms with Crippen LogP contribution in [0.25, 0.3) is 0 Å². The summed E-state index contributed by atoms with van der Waals surface area (Å²) in [4.78, 5) is 14.2. The molecule has 98 valence electrons. The Labute approximate surface area is 118 Å². The normalized spacial score (nSPS) is 10.2. The molecule has 0 unspecified atom stereocenters. The van der Waals surface area contributed by atoms with Crippen LogP contribution in [0.15, 0.2) is 30.3 Å². The van der Waals surface area contributed by atoms with Crippen LogP contribution in [0.5, 0.6) is 0 Å². The first-order chi connectivity index (χ1) is 8.99. The van der Waals surface area contributed by atoms with Crippen LogP contribution >= 0.6 is 23.2 Å². The predicted octanol–water partition coefficient (Wildman–Crippen LogP) is 3.62. The summed E-state index contributed by atoms with van der Waals surface area (Å²) >= 11 is 12.0. The van der Waals surface area contributed by atoms with Crippen molar-refractivity contribution in [3.05, 3.63) is 50.5 Å². The van der Waals surface area contributed by atoms with Crippen molar-refractivity contribution in [2.75, 3.05) is 11.1 Å². The number of nitro groups is 1. The van der Waals surface area contributed by atoms with Gasteiger partial charge in [-0.3, -0.25) is 10.1 Å². The van der Waals surface area contributed by atoms with E-state index in [-0.39, 0.29) is 17.3 Å². The third-order valence-electron chi connectivity index (χ3n) is 2.30. The average Bonchev–Trinajstić information content (AvgIpc) is 2.33. The number of nitrogens with one attached hydrogen (secondary N) is 1. The molecule has 19 heavy (non-hydrogen) atoms. The fraction of sp³-hybridized carbons (Fsp3) is 0. The zero-order valence-corrected chi connectivity index (χ0v) is 10.9. The molecule has 2 rings (SSSR count). The number of nitrogens with two attached hydrogens (primary N) is 1. The van der Waals surface area contributed by atoms with Gasteiger partial charge in [-0.25, -0.2) is 4.98 Å². The van der Waals surface area contributed by atoms with Crippen molar-refractivity contribution in [1.29, 1.82) is 0 Å². The number of nitrogen functional groups attached to an aromatic ring is 1. The van der Waals surface area contributed by atoms with Crippen LogP contribution in [0.2, 0.25) is 10.0 Å². The molecule has 0 saturated heterocycles. The molecule has 1 heterocycles. The van der Waals surface area contributed by atoms with Gasteiger partial charge in [0.05, 0.1) is 20.7 Å². The molecule has 0 spiro atoms. The van der Waals surface area contributed by atoms with Crippen LogP contribution < -0.4 is 11.1 Å². The Hall–Kier alpha value is -2.05. The molecule has 2 aromatic rings. The summed E-state index contributed by atoms with van der Waals surface area (Å²) in [6.07, 6.45) is 0. The number of halogens is 2. The molecule has 6 nitrogen and oxygen atoms in total. The highest BCUT2D eigenvalue weighted by Crippen LogP contribution is 2.34. The second-order valence-corrected chi connectivity index (χ2v) is 4.40. The second-order valence-electron chi connectivity index (χ2n) is 3.58. The van der Waals surface area contributed by atoms with Gasteiger partial charge in [0.2, 0.25) is 5.82 Å². The summed E-state index contributed by atoms with van der Waals surface area (Å²) in [6, 6.07) is 7.48. The van der Waals surface area contributed by atoms with Crippen LogP contribution in [0.4, 0.5) is 23.0 Å². The Morgan fingerprint density at radius 1 is 1.21 bits per heavy atom. The molecule has 0 saturated carbocycles. The van der Waals surface area contributed by atoms with E-state index in [1.54, 1.807) is 18.2 Å². The van der Waals surface area contributed by atoms with Gasteiger partial charge in [0, 0.05) is 6.07 Å². The van der Waals surface area contributed by atoms with Gasteiger partial charge in [0.1, 0.15) is 5.82 Å². The van der Waals surface area contributed by atoms with E-state index < -0.39 is 4.92 Å². The van der Waals surface area contributed by atoms with Crippen molar-refractivity contribution < 1.29 is 4.92 Å². The lowest BCUT2D eigenvalue weighted by Gasteiger charge is -2.10.